The number of aryl methyl sites for hydroxylation is 1. The van der Waals surface area contributed by atoms with Gasteiger partial charge in [-0.1, -0.05) is 56.7 Å². The lowest BCUT2D eigenvalue weighted by Crippen LogP contribution is -2.40. The summed E-state index contributed by atoms with van der Waals surface area (Å²) in [6.07, 6.45) is 4.99. The minimum atomic E-state index is -0.887. The summed E-state index contributed by atoms with van der Waals surface area (Å²) in [6.45, 7) is 12.0. The Morgan fingerprint density at radius 1 is 1.07 bits per heavy atom. The van der Waals surface area contributed by atoms with E-state index in [9.17, 15) is 19.2 Å². The van der Waals surface area contributed by atoms with Crippen molar-refractivity contribution in [2.45, 2.75) is 67.3 Å². The number of carbonyl (C=O) groups is 4. The third kappa shape index (κ3) is 7.45. The number of rotatable bonds is 11. The van der Waals surface area contributed by atoms with E-state index >= 15 is 0 Å². The van der Waals surface area contributed by atoms with Crippen molar-refractivity contribution in [2.24, 2.45) is 17.1 Å². The number of nitrogens with zero attached hydrogens (tertiary/aromatic N) is 4. The number of aromatic nitrogens is 3. The third-order valence-electron chi connectivity index (χ3n) is 8.80. The van der Waals surface area contributed by atoms with Crippen LogP contribution in [0.4, 0.5) is 0 Å². The van der Waals surface area contributed by atoms with Gasteiger partial charge in [-0.05, 0) is 57.4 Å². The van der Waals surface area contributed by atoms with Crippen molar-refractivity contribution in [3.8, 4) is 11.8 Å². The minimum absolute atomic E-state index is 0.0257. The second-order valence-corrected chi connectivity index (χ2v) is 12.8. The van der Waals surface area contributed by atoms with Crippen molar-refractivity contribution >= 4 is 46.0 Å². The normalized spacial score (nSPS) is 14.4. The van der Waals surface area contributed by atoms with Crippen molar-refractivity contribution in [1.29, 1.82) is 0 Å². The standard InChI is InChI=1S/C36H40ClN5O4/c1-7-25(13-16-41-17-14-28-33(37)39-21-40-35(28)41)20-42(15-9-11-26-10-8-12-27(18-26)34(38)46)29(43)19-36(5,6)30-24(4)31(44)22(2)23(3)32(30)45/h8,10,12,14,17-18,21,25H,7,13,15-16,19-20H2,1-6H3,(H2,38,46). The molecule has 1 aromatic carbocycles. The molecule has 10 heteroatoms. The lowest BCUT2D eigenvalue weighted by atomic mass is 9.71. The van der Waals surface area contributed by atoms with Crippen molar-refractivity contribution < 1.29 is 19.2 Å². The summed E-state index contributed by atoms with van der Waals surface area (Å²) in [5, 5.41) is 1.19. The smallest absolute Gasteiger partial charge is 0.248 e. The number of ketones is 2. The summed E-state index contributed by atoms with van der Waals surface area (Å²) >= 11 is 6.24. The monoisotopic (exact) mass is 641 g/mol. The van der Waals surface area contributed by atoms with Gasteiger partial charge in [0.2, 0.25) is 11.8 Å². The molecule has 2 N–H and O–H groups in total. The number of primary amides is 1. The SMILES string of the molecule is CCC(CCn1ccc2c(Cl)ncnc21)CN(CC#Cc1cccc(C(N)=O)c1)C(=O)CC(C)(C)C1=C(C)C(=O)C(C)=C(C)C1=O. The highest BCUT2D eigenvalue weighted by atomic mass is 35.5. The molecule has 3 aromatic rings. The summed E-state index contributed by atoms with van der Waals surface area (Å²) in [5.41, 5.74) is 7.90. The number of hydrogen-bond donors (Lipinski definition) is 1. The van der Waals surface area contributed by atoms with Gasteiger partial charge in [0.15, 0.2) is 11.6 Å². The Bertz CT molecular complexity index is 1840. The highest BCUT2D eigenvalue weighted by Gasteiger charge is 2.39. The fourth-order valence-electron chi connectivity index (χ4n) is 5.94. The van der Waals surface area contributed by atoms with E-state index in [1.54, 1.807) is 49.9 Å². The quantitative estimate of drug-likeness (QED) is 0.162. The van der Waals surface area contributed by atoms with Crippen LogP contribution in [0.1, 0.15) is 76.7 Å². The first-order valence-corrected chi connectivity index (χ1v) is 15.7. The van der Waals surface area contributed by atoms with Crippen LogP contribution in [0.25, 0.3) is 11.0 Å². The molecule has 9 nitrogen and oxygen atoms in total. The van der Waals surface area contributed by atoms with Gasteiger partial charge in [0.1, 0.15) is 17.1 Å². The number of nitrogens with two attached hydrogens (primary N) is 1. The molecular formula is C36H40ClN5O4. The second kappa shape index (κ2) is 14.3. The summed E-state index contributed by atoms with van der Waals surface area (Å²) in [4.78, 5) is 62.2. The molecule has 0 aliphatic heterocycles. The summed E-state index contributed by atoms with van der Waals surface area (Å²) in [7, 11) is 0. The molecule has 1 aliphatic carbocycles. The van der Waals surface area contributed by atoms with E-state index < -0.39 is 11.3 Å². The van der Waals surface area contributed by atoms with Gasteiger partial charge < -0.3 is 15.2 Å². The van der Waals surface area contributed by atoms with Gasteiger partial charge in [-0.3, -0.25) is 19.2 Å². The minimum Gasteiger partial charge on any atom is -0.366 e. The molecule has 46 heavy (non-hydrogen) atoms. The average molecular weight is 642 g/mol. The van der Waals surface area contributed by atoms with Gasteiger partial charge in [0, 0.05) is 64.5 Å². The van der Waals surface area contributed by atoms with E-state index in [0.717, 1.165) is 23.9 Å². The number of halogens is 1. The van der Waals surface area contributed by atoms with Crippen molar-refractivity contribution in [2.75, 3.05) is 13.1 Å². The van der Waals surface area contributed by atoms with Crippen LogP contribution < -0.4 is 5.73 Å². The number of fused-ring (bicyclic) bond motifs is 1. The maximum atomic E-state index is 14.1. The first-order valence-electron chi connectivity index (χ1n) is 15.3. The van der Waals surface area contributed by atoms with Gasteiger partial charge in [-0.2, -0.15) is 0 Å². The van der Waals surface area contributed by atoms with E-state index in [1.165, 1.54) is 6.33 Å². The molecule has 4 rings (SSSR count). The van der Waals surface area contributed by atoms with Crippen molar-refractivity contribution in [1.82, 2.24) is 19.4 Å². The number of amides is 2. The molecule has 0 bridgehead atoms. The number of benzene rings is 1. The van der Waals surface area contributed by atoms with Crippen LogP contribution in [0.3, 0.4) is 0 Å². The Morgan fingerprint density at radius 2 is 1.78 bits per heavy atom. The van der Waals surface area contributed by atoms with Crippen LogP contribution in [-0.4, -0.2) is 55.9 Å². The van der Waals surface area contributed by atoms with Crippen LogP contribution in [0.2, 0.25) is 5.15 Å². The Kier molecular flexibility index (Phi) is 10.6. The fourth-order valence-corrected chi connectivity index (χ4v) is 6.13. The largest absolute Gasteiger partial charge is 0.366 e. The molecule has 1 unspecified atom stereocenters. The van der Waals surface area contributed by atoms with E-state index in [0.29, 0.717) is 51.7 Å². The van der Waals surface area contributed by atoms with Crippen LogP contribution in [0.15, 0.2) is 65.1 Å². The second-order valence-electron chi connectivity index (χ2n) is 12.5. The van der Waals surface area contributed by atoms with Crippen molar-refractivity contribution in [3.63, 3.8) is 0 Å². The maximum absolute atomic E-state index is 14.1. The first kappa shape index (κ1) is 34.3. The molecule has 240 valence electrons. The summed E-state index contributed by atoms with van der Waals surface area (Å²) in [5.74, 6) is 5.23. The lowest BCUT2D eigenvalue weighted by molar-refractivity contribution is -0.133. The van der Waals surface area contributed by atoms with Crippen LogP contribution >= 0.6 is 11.6 Å². The molecule has 0 saturated heterocycles. The molecule has 2 heterocycles. The average Bonchev–Trinajstić information content (AvgIpc) is 3.44. The molecule has 2 amide bonds. The number of Topliss-reactive ketones (excluding diaryl/α,β-unsaturated/α-hetero) is 2. The van der Waals surface area contributed by atoms with Gasteiger partial charge in [0.25, 0.3) is 0 Å². The molecule has 2 aromatic heterocycles. The van der Waals surface area contributed by atoms with E-state index in [-0.39, 0.29) is 36.4 Å². The predicted molar refractivity (Wildman–Crippen MR) is 179 cm³/mol. The van der Waals surface area contributed by atoms with Gasteiger partial charge in [-0.25, -0.2) is 9.97 Å². The number of carbonyl (C=O) groups excluding carboxylic acids is 4. The molecule has 0 spiro atoms. The van der Waals surface area contributed by atoms with Crippen molar-refractivity contribution in [3.05, 3.63) is 81.4 Å². The zero-order valence-electron chi connectivity index (χ0n) is 27.2. The number of hydrogen-bond acceptors (Lipinski definition) is 6. The van der Waals surface area contributed by atoms with Gasteiger partial charge in [-0.15, -0.1) is 0 Å². The summed E-state index contributed by atoms with van der Waals surface area (Å²) in [6, 6.07) is 8.63. The number of allylic oxidation sites excluding steroid dienone is 4. The highest BCUT2D eigenvalue weighted by molar-refractivity contribution is 6.33. The topological polar surface area (TPSA) is 128 Å². The van der Waals surface area contributed by atoms with Crippen LogP contribution in [0.5, 0.6) is 0 Å². The van der Waals surface area contributed by atoms with E-state index in [2.05, 4.69) is 28.7 Å². The Morgan fingerprint density at radius 3 is 2.48 bits per heavy atom. The van der Waals surface area contributed by atoms with E-state index in [4.69, 9.17) is 17.3 Å². The van der Waals surface area contributed by atoms with Crippen LogP contribution in [0, 0.1) is 23.2 Å². The fraction of sp³-hybridized carbons (Fsp3) is 0.389. The summed E-state index contributed by atoms with van der Waals surface area (Å²) < 4.78 is 2.03. The van der Waals surface area contributed by atoms with Crippen LogP contribution in [-0.2, 0) is 20.9 Å². The Hall–Kier alpha value is -4.55. The zero-order valence-corrected chi connectivity index (χ0v) is 28.0. The first-order chi connectivity index (χ1) is 21.7. The Labute approximate surface area is 274 Å². The molecule has 1 atom stereocenters. The van der Waals surface area contributed by atoms with Gasteiger partial charge in [0.05, 0.1) is 11.9 Å². The maximum Gasteiger partial charge on any atom is 0.248 e. The predicted octanol–water partition coefficient (Wildman–Crippen LogP) is 5.70. The van der Waals surface area contributed by atoms with E-state index in [1.807, 2.05) is 30.7 Å². The molecule has 1 aliphatic rings. The molecule has 0 fully saturated rings. The highest BCUT2D eigenvalue weighted by Crippen LogP contribution is 2.39. The molecular weight excluding hydrogens is 602 g/mol. The van der Waals surface area contributed by atoms with Gasteiger partial charge >= 0.3 is 0 Å². The zero-order chi connectivity index (χ0) is 33.8. The Balaban J connectivity index is 1.58. The third-order valence-corrected chi connectivity index (χ3v) is 9.10. The lowest BCUT2D eigenvalue weighted by Gasteiger charge is -2.34. The molecule has 0 radical (unpaired) electrons. The molecule has 0 saturated carbocycles.